The van der Waals surface area contributed by atoms with Gasteiger partial charge in [0.1, 0.15) is 17.7 Å². The average Bonchev–Trinajstić information content (AvgIpc) is 3.12. The second-order valence-electron chi connectivity index (χ2n) is 6.72. The second-order valence-corrected chi connectivity index (χ2v) is 7.12. The van der Waals surface area contributed by atoms with E-state index >= 15 is 0 Å². The Balaban J connectivity index is 1.96. The molecule has 1 saturated carbocycles. The molecule has 0 saturated heterocycles. The van der Waals surface area contributed by atoms with Gasteiger partial charge in [-0.15, -0.1) is 0 Å². The molecular formula is C20H20ClFN2O3. The van der Waals surface area contributed by atoms with Crippen molar-refractivity contribution in [1.82, 2.24) is 5.32 Å². The smallest absolute Gasteiger partial charge is 0.431 e. The number of nitrogens with one attached hydrogen (secondary N) is 1. The van der Waals surface area contributed by atoms with Crippen LogP contribution in [0.3, 0.4) is 0 Å². The molecule has 1 aliphatic heterocycles. The van der Waals surface area contributed by atoms with Crippen LogP contribution in [0.1, 0.15) is 51.0 Å². The van der Waals surface area contributed by atoms with Crippen LogP contribution in [0, 0.1) is 17.1 Å². The molecule has 1 fully saturated rings. The van der Waals surface area contributed by atoms with Gasteiger partial charge in [-0.3, -0.25) is 0 Å². The number of dihydropyridines is 1. The fraction of sp³-hybridized carbons (Fsp3) is 0.400. The third-order valence-electron chi connectivity index (χ3n) is 4.87. The zero-order chi connectivity index (χ0) is 19.6. The summed E-state index contributed by atoms with van der Waals surface area (Å²) in [6.45, 7) is 3.41. The molecule has 1 N–H and O–H groups in total. The van der Waals surface area contributed by atoms with E-state index in [2.05, 4.69) is 11.4 Å². The fourth-order valence-electron chi connectivity index (χ4n) is 3.55. The minimum atomic E-state index is -0.883. The summed E-state index contributed by atoms with van der Waals surface area (Å²) in [5, 5.41) is 12.6. The Bertz CT molecular complexity index is 866. The van der Waals surface area contributed by atoms with Crippen molar-refractivity contribution in [2.45, 2.75) is 51.6 Å². The highest BCUT2D eigenvalue weighted by Gasteiger charge is 2.35. The van der Waals surface area contributed by atoms with Gasteiger partial charge in [0.15, 0.2) is 0 Å². The molecule has 1 aliphatic carbocycles. The molecule has 5 nitrogen and oxygen atoms in total. The Morgan fingerprint density at radius 3 is 2.67 bits per heavy atom. The minimum Gasteiger partial charge on any atom is -0.431 e. The molecule has 0 radical (unpaired) electrons. The maximum absolute atomic E-state index is 14.7. The van der Waals surface area contributed by atoms with Crippen LogP contribution >= 0.6 is 11.6 Å². The van der Waals surface area contributed by atoms with E-state index in [0.717, 1.165) is 25.7 Å². The first-order chi connectivity index (χ1) is 12.9. The van der Waals surface area contributed by atoms with E-state index in [9.17, 15) is 14.4 Å². The number of nitrogens with zero attached hydrogens (tertiary/aromatic N) is 1. The predicted molar refractivity (Wildman–Crippen MR) is 98.1 cm³/mol. The maximum atomic E-state index is 14.7. The molecule has 0 amide bonds. The highest BCUT2D eigenvalue weighted by molar-refractivity contribution is 6.30. The molecule has 1 atom stereocenters. The molecule has 3 rings (SSSR count). The monoisotopic (exact) mass is 390 g/mol. The third kappa shape index (κ3) is 3.93. The Kier molecular flexibility index (Phi) is 5.71. The number of carbonyl (C=O) groups excluding carboxylic acids is 1. The zero-order valence-electron chi connectivity index (χ0n) is 15.1. The Hall–Kier alpha value is -2.52. The molecule has 0 aromatic heterocycles. The van der Waals surface area contributed by atoms with Crippen molar-refractivity contribution in [3.63, 3.8) is 0 Å². The number of benzene rings is 1. The van der Waals surface area contributed by atoms with Crippen LogP contribution in [0.2, 0.25) is 5.02 Å². The van der Waals surface area contributed by atoms with E-state index in [-0.39, 0.29) is 28.0 Å². The van der Waals surface area contributed by atoms with E-state index in [4.69, 9.17) is 21.1 Å². The lowest BCUT2D eigenvalue weighted by molar-refractivity contribution is 0.0399. The molecule has 0 spiro atoms. The summed E-state index contributed by atoms with van der Waals surface area (Å²) in [6.07, 6.45) is 2.63. The van der Waals surface area contributed by atoms with E-state index in [1.54, 1.807) is 19.9 Å². The SMILES string of the molecule is CC1=C(C#N)C(c2cccc(Cl)c2F)C(OC(=O)OC2CCCC2)=C(C)N1. The van der Waals surface area contributed by atoms with Crippen LogP contribution in [0.5, 0.6) is 0 Å². The Labute approximate surface area is 162 Å². The number of allylic oxidation sites excluding steroid dienone is 3. The molecular weight excluding hydrogens is 371 g/mol. The van der Waals surface area contributed by atoms with E-state index < -0.39 is 17.9 Å². The standard InChI is InChI=1S/C20H20ClFN2O3/c1-11-15(10-23)17(14-8-5-9-16(21)18(14)22)19(12(2)24-11)27-20(25)26-13-6-3-4-7-13/h5,8-9,13,17,24H,3-4,6-7H2,1-2H3. The number of hydrogen-bond acceptors (Lipinski definition) is 5. The Morgan fingerprint density at radius 2 is 2.00 bits per heavy atom. The van der Waals surface area contributed by atoms with Crippen molar-refractivity contribution < 1.29 is 18.7 Å². The highest BCUT2D eigenvalue weighted by atomic mass is 35.5. The number of halogens is 2. The molecule has 7 heteroatoms. The summed E-state index contributed by atoms with van der Waals surface area (Å²) in [6, 6.07) is 6.64. The summed E-state index contributed by atoms with van der Waals surface area (Å²) < 4.78 is 25.5. The van der Waals surface area contributed by atoms with Crippen molar-refractivity contribution in [3.05, 3.63) is 57.3 Å². The van der Waals surface area contributed by atoms with Gasteiger partial charge in [0, 0.05) is 11.3 Å². The largest absolute Gasteiger partial charge is 0.513 e. The van der Waals surface area contributed by atoms with Crippen molar-refractivity contribution in [2.24, 2.45) is 0 Å². The van der Waals surface area contributed by atoms with Gasteiger partial charge in [-0.2, -0.15) is 5.26 Å². The normalized spacial score (nSPS) is 20.3. The number of nitriles is 1. The van der Waals surface area contributed by atoms with Gasteiger partial charge in [0.2, 0.25) is 0 Å². The van der Waals surface area contributed by atoms with E-state index in [1.165, 1.54) is 12.1 Å². The van der Waals surface area contributed by atoms with Crippen molar-refractivity contribution in [3.8, 4) is 6.07 Å². The first-order valence-corrected chi connectivity index (χ1v) is 9.21. The average molecular weight is 391 g/mol. The van der Waals surface area contributed by atoms with Gasteiger partial charge in [0.25, 0.3) is 0 Å². The van der Waals surface area contributed by atoms with Gasteiger partial charge in [-0.25, -0.2) is 9.18 Å². The van der Waals surface area contributed by atoms with Crippen molar-refractivity contribution in [1.29, 1.82) is 5.26 Å². The molecule has 1 aromatic carbocycles. The quantitative estimate of drug-likeness (QED) is 0.710. The van der Waals surface area contributed by atoms with E-state index in [0.29, 0.717) is 11.4 Å². The first-order valence-electron chi connectivity index (χ1n) is 8.83. The van der Waals surface area contributed by atoms with Gasteiger partial charge >= 0.3 is 6.16 Å². The lowest BCUT2D eigenvalue weighted by Crippen LogP contribution is -2.28. The second kappa shape index (κ2) is 8.01. The van der Waals surface area contributed by atoms with Crippen LogP contribution in [-0.2, 0) is 9.47 Å². The summed E-state index contributed by atoms with van der Waals surface area (Å²) in [5.41, 5.74) is 1.50. The van der Waals surface area contributed by atoms with Crippen molar-refractivity contribution in [2.75, 3.05) is 0 Å². The molecule has 1 aromatic rings. The number of hydrogen-bond donors (Lipinski definition) is 1. The topological polar surface area (TPSA) is 71.3 Å². The highest BCUT2D eigenvalue weighted by Crippen LogP contribution is 2.40. The van der Waals surface area contributed by atoms with Gasteiger partial charge < -0.3 is 14.8 Å². The molecule has 1 heterocycles. The van der Waals surface area contributed by atoms with Gasteiger partial charge in [-0.1, -0.05) is 23.7 Å². The van der Waals surface area contributed by atoms with Crippen LogP contribution in [-0.4, -0.2) is 12.3 Å². The van der Waals surface area contributed by atoms with Crippen molar-refractivity contribution >= 4 is 17.8 Å². The molecule has 27 heavy (non-hydrogen) atoms. The summed E-state index contributed by atoms with van der Waals surface area (Å²) in [4.78, 5) is 12.3. The van der Waals surface area contributed by atoms with E-state index in [1.807, 2.05) is 0 Å². The van der Waals surface area contributed by atoms with Crippen LogP contribution in [0.25, 0.3) is 0 Å². The third-order valence-corrected chi connectivity index (χ3v) is 5.16. The minimum absolute atomic E-state index is 0.0634. The number of carbonyl (C=O) groups is 1. The Morgan fingerprint density at radius 1 is 1.30 bits per heavy atom. The lowest BCUT2D eigenvalue weighted by atomic mass is 9.85. The predicted octanol–water partition coefficient (Wildman–Crippen LogP) is 5.29. The van der Waals surface area contributed by atoms with Crippen LogP contribution in [0.15, 0.2) is 40.9 Å². The number of ether oxygens (including phenoxy) is 2. The first kappa shape index (κ1) is 19.2. The number of rotatable bonds is 3. The van der Waals surface area contributed by atoms with Gasteiger partial charge in [-0.05, 0) is 45.6 Å². The molecule has 142 valence electrons. The summed E-state index contributed by atoms with van der Waals surface area (Å²) in [7, 11) is 0. The summed E-state index contributed by atoms with van der Waals surface area (Å²) >= 11 is 5.93. The molecule has 1 unspecified atom stereocenters. The van der Waals surface area contributed by atoms with Crippen LogP contribution < -0.4 is 5.32 Å². The summed E-state index contributed by atoms with van der Waals surface area (Å²) in [5.74, 6) is -1.39. The zero-order valence-corrected chi connectivity index (χ0v) is 15.9. The van der Waals surface area contributed by atoms with Gasteiger partial charge in [0.05, 0.1) is 28.3 Å². The van der Waals surface area contributed by atoms with Crippen LogP contribution in [0.4, 0.5) is 9.18 Å². The fourth-order valence-corrected chi connectivity index (χ4v) is 3.74. The lowest BCUT2D eigenvalue weighted by Gasteiger charge is -2.29. The maximum Gasteiger partial charge on any atom is 0.513 e. The molecule has 0 bridgehead atoms. The molecule has 2 aliphatic rings.